The van der Waals surface area contributed by atoms with E-state index >= 15 is 0 Å². The summed E-state index contributed by atoms with van der Waals surface area (Å²) in [5.41, 5.74) is -1.02. The Morgan fingerprint density at radius 1 is 1.12 bits per heavy atom. The van der Waals surface area contributed by atoms with E-state index in [0.29, 0.717) is 0 Å². The topological polar surface area (TPSA) is 0 Å². The minimum Gasteiger partial charge on any atom is -0.170 e. The van der Waals surface area contributed by atoms with Crippen LogP contribution in [0.2, 0.25) is 0 Å². The van der Waals surface area contributed by atoms with E-state index in [1.54, 1.807) is 0 Å². The third-order valence-corrected chi connectivity index (χ3v) is 2.88. The van der Waals surface area contributed by atoms with Gasteiger partial charge in [-0.2, -0.15) is 26.3 Å². The highest BCUT2D eigenvalue weighted by Gasteiger charge is 2.49. The van der Waals surface area contributed by atoms with E-state index in [2.05, 4.69) is 0 Å². The number of hydrogen-bond acceptors (Lipinski definition) is 0. The van der Waals surface area contributed by atoms with E-state index in [4.69, 9.17) is 0 Å². The van der Waals surface area contributed by atoms with E-state index in [-0.39, 0.29) is 12.0 Å². The largest absolute Gasteiger partial charge is 0.412 e. The maximum absolute atomic E-state index is 12.6. The molecule has 0 spiro atoms. The third kappa shape index (κ3) is 3.04. The van der Waals surface area contributed by atoms with Gasteiger partial charge in [0.2, 0.25) is 0 Å². The van der Waals surface area contributed by atoms with Crippen LogP contribution < -0.4 is 0 Å². The molecule has 1 rings (SSSR count). The molecular weight excluding hydrogens is 246 g/mol. The van der Waals surface area contributed by atoms with Crippen LogP contribution in [0.25, 0.3) is 0 Å². The summed E-state index contributed by atoms with van der Waals surface area (Å²) >= 11 is 0. The van der Waals surface area contributed by atoms with Gasteiger partial charge in [-0.05, 0) is 6.42 Å². The van der Waals surface area contributed by atoms with Crippen LogP contribution in [-0.2, 0) is 0 Å². The average Bonchev–Trinajstić information content (AvgIpc) is 2.14. The van der Waals surface area contributed by atoms with Crippen LogP contribution in [0, 0.1) is 11.8 Å². The summed E-state index contributed by atoms with van der Waals surface area (Å²) in [5, 5.41) is 0. The Bertz CT molecular complexity index is 344. The molecule has 0 aromatic carbocycles. The second-order valence-corrected chi connectivity index (χ2v) is 4.05. The van der Waals surface area contributed by atoms with Crippen LogP contribution in [0.3, 0.4) is 0 Å². The average molecular weight is 258 g/mol. The molecule has 0 N–H and O–H groups in total. The summed E-state index contributed by atoms with van der Waals surface area (Å²) < 4.78 is 75.7. The Kier molecular flexibility index (Phi) is 3.64. The molecule has 0 saturated carbocycles. The molecule has 6 heteroatoms. The van der Waals surface area contributed by atoms with Crippen molar-refractivity contribution in [2.75, 3.05) is 0 Å². The van der Waals surface area contributed by atoms with Crippen LogP contribution >= 0.6 is 0 Å². The van der Waals surface area contributed by atoms with Crippen LogP contribution in [0.5, 0.6) is 0 Å². The minimum atomic E-state index is -4.71. The first-order valence-corrected chi connectivity index (χ1v) is 5.13. The molecule has 2 atom stereocenters. The molecule has 0 aromatic rings. The Morgan fingerprint density at radius 3 is 2.00 bits per heavy atom. The zero-order valence-corrected chi connectivity index (χ0v) is 9.28. The van der Waals surface area contributed by atoms with Crippen LogP contribution in [0.4, 0.5) is 26.3 Å². The van der Waals surface area contributed by atoms with E-state index in [1.165, 1.54) is 6.92 Å². The lowest BCUT2D eigenvalue weighted by Gasteiger charge is -2.31. The SMILES string of the molecule is CCC1=CC(C(F)(F)F)C(C)C(C(F)(F)F)=C1. The summed E-state index contributed by atoms with van der Waals surface area (Å²) in [5.74, 6) is -3.65. The standard InChI is InChI=1S/C11H12F6/c1-3-7-4-8(10(12,13)14)6(2)9(5-7)11(15,16)17/h4-6,8H,3H2,1-2H3. The van der Waals surface area contributed by atoms with Gasteiger partial charge in [-0.25, -0.2) is 0 Å². The summed E-state index contributed by atoms with van der Waals surface area (Å²) in [6.45, 7) is 2.49. The molecule has 0 amide bonds. The fraction of sp³-hybridized carbons (Fsp3) is 0.636. The van der Waals surface area contributed by atoms with Crippen molar-refractivity contribution >= 4 is 0 Å². The van der Waals surface area contributed by atoms with E-state index in [1.807, 2.05) is 0 Å². The van der Waals surface area contributed by atoms with E-state index < -0.39 is 29.8 Å². The molecule has 1 aliphatic carbocycles. The Labute approximate surface area is 95.0 Å². The molecule has 0 aliphatic heterocycles. The van der Waals surface area contributed by atoms with Gasteiger partial charge in [-0.15, -0.1) is 0 Å². The molecule has 0 heterocycles. The Hall–Kier alpha value is -0.940. The molecular formula is C11H12F6. The number of alkyl halides is 6. The van der Waals surface area contributed by atoms with Gasteiger partial charge in [0, 0.05) is 11.5 Å². The second-order valence-electron chi connectivity index (χ2n) is 4.05. The number of allylic oxidation sites excluding steroid dienone is 4. The first-order chi connectivity index (χ1) is 7.57. The fourth-order valence-electron chi connectivity index (χ4n) is 1.89. The maximum Gasteiger partial charge on any atom is 0.412 e. The highest BCUT2D eigenvalue weighted by molar-refractivity contribution is 5.34. The summed E-state index contributed by atoms with van der Waals surface area (Å²) in [6, 6.07) is 0. The first kappa shape index (κ1) is 14.1. The summed E-state index contributed by atoms with van der Waals surface area (Å²) in [4.78, 5) is 0. The van der Waals surface area contributed by atoms with Crippen molar-refractivity contribution in [3.05, 3.63) is 23.3 Å². The van der Waals surface area contributed by atoms with Gasteiger partial charge >= 0.3 is 12.4 Å². The van der Waals surface area contributed by atoms with Gasteiger partial charge < -0.3 is 0 Å². The van der Waals surface area contributed by atoms with Crippen molar-refractivity contribution < 1.29 is 26.3 Å². The molecule has 0 fully saturated rings. The van der Waals surface area contributed by atoms with Crippen LogP contribution in [-0.4, -0.2) is 12.4 Å². The maximum atomic E-state index is 12.6. The van der Waals surface area contributed by atoms with Crippen LogP contribution in [0.1, 0.15) is 20.3 Å². The lowest BCUT2D eigenvalue weighted by molar-refractivity contribution is -0.177. The van der Waals surface area contributed by atoms with Gasteiger partial charge in [0.25, 0.3) is 0 Å². The van der Waals surface area contributed by atoms with E-state index in [9.17, 15) is 26.3 Å². The van der Waals surface area contributed by atoms with Gasteiger partial charge in [-0.1, -0.05) is 31.6 Å². The van der Waals surface area contributed by atoms with Gasteiger partial charge in [0.05, 0.1) is 5.92 Å². The quantitative estimate of drug-likeness (QED) is 0.601. The summed E-state index contributed by atoms with van der Waals surface area (Å²) in [6.07, 6.45) is -7.49. The van der Waals surface area contributed by atoms with Crippen molar-refractivity contribution in [1.82, 2.24) is 0 Å². The van der Waals surface area contributed by atoms with Crippen molar-refractivity contribution in [3.8, 4) is 0 Å². The molecule has 0 bridgehead atoms. The lowest BCUT2D eigenvalue weighted by Crippen LogP contribution is -2.34. The van der Waals surface area contributed by atoms with Crippen LogP contribution in [0.15, 0.2) is 23.3 Å². The molecule has 98 valence electrons. The third-order valence-electron chi connectivity index (χ3n) is 2.88. The lowest BCUT2D eigenvalue weighted by atomic mass is 9.80. The fourth-order valence-corrected chi connectivity index (χ4v) is 1.89. The molecule has 0 aromatic heterocycles. The minimum absolute atomic E-state index is 0.0813. The number of halogens is 6. The predicted octanol–water partition coefficient (Wildman–Crippen LogP) is 4.64. The Balaban J connectivity index is 3.18. The molecule has 17 heavy (non-hydrogen) atoms. The number of hydrogen-bond donors (Lipinski definition) is 0. The molecule has 0 nitrogen and oxygen atoms in total. The molecule has 1 aliphatic rings. The van der Waals surface area contributed by atoms with Crippen molar-refractivity contribution in [1.29, 1.82) is 0 Å². The number of rotatable bonds is 1. The van der Waals surface area contributed by atoms with Gasteiger partial charge in [-0.3, -0.25) is 0 Å². The molecule has 0 saturated heterocycles. The summed E-state index contributed by atoms with van der Waals surface area (Å²) in [7, 11) is 0. The highest BCUT2D eigenvalue weighted by atomic mass is 19.4. The molecule has 0 radical (unpaired) electrons. The smallest absolute Gasteiger partial charge is 0.170 e. The first-order valence-electron chi connectivity index (χ1n) is 5.13. The van der Waals surface area contributed by atoms with Gasteiger partial charge in [0.15, 0.2) is 0 Å². The normalized spacial score (nSPS) is 26.6. The Morgan fingerprint density at radius 2 is 1.65 bits per heavy atom. The molecule has 2 unspecified atom stereocenters. The highest BCUT2D eigenvalue weighted by Crippen LogP contribution is 2.45. The zero-order valence-electron chi connectivity index (χ0n) is 9.28. The van der Waals surface area contributed by atoms with Crippen molar-refractivity contribution in [2.24, 2.45) is 11.8 Å². The van der Waals surface area contributed by atoms with E-state index in [0.717, 1.165) is 19.1 Å². The van der Waals surface area contributed by atoms with Crippen molar-refractivity contribution in [3.63, 3.8) is 0 Å². The van der Waals surface area contributed by atoms with Crippen molar-refractivity contribution in [2.45, 2.75) is 32.6 Å². The van der Waals surface area contributed by atoms with Gasteiger partial charge in [0.1, 0.15) is 0 Å². The zero-order chi connectivity index (χ0) is 13.4. The second kappa shape index (κ2) is 4.38. The predicted molar refractivity (Wildman–Crippen MR) is 51.2 cm³/mol. The monoisotopic (exact) mass is 258 g/mol.